The summed E-state index contributed by atoms with van der Waals surface area (Å²) in [7, 11) is 0. The van der Waals surface area contributed by atoms with Gasteiger partial charge >= 0.3 is 0 Å². The van der Waals surface area contributed by atoms with E-state index >= 15 is 0 Å². The Hall–Kier alpha value is -11.9. The van der Waals surface area contributed by atoms with E-state index in [2.05, 4.69) is 201 Å². The Balaban J connectivity index is 0.000000110. The average molecular weight is 1850 g/mol. The third kappa shape index (κ3) is 26.1. The number of aliphatic hydroxyl groups is 1. The first kappa shape index (κ1) is 94.5. The normalized spacial score (nSPS) is 20.4. The molecule has 0 spiro atoms. The van der Waals surface area contributed by atoms with E-state index in [1.807, 2.05) is 65.5 Å². The molecule has 31 nitrogen and oxygen atoms in total. The Morgan fingerprint density at radius 2 is 0.809 bits per heavy atom. The Labute approximate surface area is 794 Å². The highest BCUT2D eigenvalue weighted by Gasteiger charge is 2.41. The first-order chi connectivity index (χ1) is 66.2. The van der Waals surface area contributed by atoms with Gasteiger partial charge in [0.05, 0.1) is 43.5 Å². The average Bonchev–Trinajstić information content (AvgIpc) is 0.837. The predicted molar refractivity (Wildman–Crippen MR) is 507 cm³/mol. The second-order valence-corrected chi connectivity index (χ2v) is 40.0. The van der Waals surface area contributed by atoms with Crippen molar-refractivity contribution in [3.05, 3.63) is 266 Å². The number of likely N-dealkylation sites (tertiary alicyclic amines) is 5. The summed E-state index contributed by atoms with van der Waals surface area (Å²) in [6, 6.07) is 52.2. The number of aromatic nitrogens is 8. The van der Waals surface area contributed by atoms with E-state index in [4.69, 9.17) is 27.1 Å². The van der Waals surface area contributed by atoms with Crippen LogP contribution in [0.1, 0.15) is 322 Å². The van der Waals surface area contributed by atoms with Gasteiger partial charge in [-0.2, -0.15) is 5.10 Å². The summed E-state index contributed by atoms with van der Waals surface area (Å²) in [5.74, 6) is 8.52. The lowest BCUT2D eigenvalue weighted by Gasteiger charge is -2.44. The van der Waals surface area contributed by atoms with Crippen molar-refractivity contribution in [2.75, 3.05) is 78.6 Å². The molecule has 7 aliphatic carbocycles. The van der Waals surface area contributed by atoms with Crippen molar-refractivity contribution in [2.45, 2.75) is 254 Å². The van der Waals surface area contributed by atoms with Gasteiger partial charge in [-0.1, -0.05) is 159 Å². The maximum absolute atomic E-state index is 12.4. The molecule has 0 bridgehead atoms. The Morgan fingerprint density at radius 3 is 1.24 bits per heavy atom. The van der Waals surface area contributed by atoms with Crippen LogP contribution in [0, 0.1) is 18.8 Å². The number of aryl methyl sites for hydroxylation is 1. The second kappa shape index (κ2) is 44.1. The molecule has 12 fully saturated rings. The van der Waals surface area contributed by atoms with Crippen molar-refractivity contribution in [3.8, 4) is 0 Å². The molecule has 4 aromatic carbocycles. The standard InChI is InChI=1S/C22H25N5O2.C19H22N2O2.C18H21N3O3.C18H21N3O2.C17H27N3O2.C11H14N2O2/c1-15-2-4-16(5-3-15)11-27-12-17(9-23-27)10-26-13-19(14-26)24-22(28)20-8-21(29-25-20)18-6-7-18;22-18(17-11-19(23-20-17)16-6-7-16)10-15-12-21(13-15)9-8-14-4-2-1-3-5-14;22-11-16(12-4-2-1-3-5-12)21-9-14(10-21)19-18(23)15-8-17(24-20-15)13-6-7-13;1-12(13-5-3-2-4-6-13)21-10-15(11-21)19-18(22)16-9-17(23-20-16)14-7-8-14;1-11(2)20-8-6-12(3)14(7-9-20)18-17(21)15-10-16(22-19-15)13-4-5-13;14-11(12-8-2-1-3-8)9-6-10(15-13-9)7-4-5-7/h2-5,8-9,12,18-19H,6-7,10-11,13-14H2,1H3,(H,24,28);1-5,11,15-16H,6-10,12-13H2;1-5,8,13-14,16,22H,6-7,9-11H2,(H,19,23);2-6,9,12,14-15H,7-8,10-11H2,1H3,(H,19,22);10-14H,4-9H2,1-3H3,(H,18,21);6-8H,1-5H2,(H,12,14)/t;;;;12-,14+;/m....0./s1. The van der Waals surface area contributed by atoms with E-state index < -0.39 is 0 Å². The number of amides is 5. The molecule has 31 heteroatoms. The van der Waals surface area contributed by atoms with Crippen molar-refractivity contribution < 1.29 is 61.0 Å². The van der Waals surface area contributed by atoms with Crippen LogP contribution in [0.15, 0.2) is 191 Å². The number of benzene rings is 4. The molecule has 0 radical (unpaired) electrons. The predicted octanol–water partition coefficient (Wildman–Crippen LogP) is 15.1. The highest BCUT2D eigenvalue weighted by molar-refractivity contribution is 5.95. The fraction of sp³-hybridized carbons (Fsp3) is 0.514. The number of aliphatic hydroxyl groups excluding tert-OH is 1. The van der Waals surface area contributed by atoms with Gasteiger partial charge in [-0.15, -0.1) is 0 Å². The minimum Gasteiger partial charge on any atom is -0.394 e. The Bertz CT molecular complexity index is 5730. The van der Waals surface area contributed by atoms with Crippen LogP contribution in [0.2, 0.25) is 0 Å². The molecule has 5 saturated heterocycles. The summed E-state index contributed by atoms with van der Waals surface area (Å²) in [4.78, 5) is 84.8. The lowest BCUT2D eigenvalue weighted by atomic mass is 9.92. The monoisotopic (exact) mass is 1850 g/mol. The lowest BCUT2D eigenvalue weighted by Crippen LogP contribution is -2.60. The van der Waals surface area contributed by atoms with Crippen LogP contribution in [0.3, 0.4) is 0 Å². The Kier molecular flexibility index (Phi) is 30.6. The van der Waals surface area contributed by atoms with E-state index in [1.54, 1.807) is 24.3 Å². The first-order valence-electron chi connectivity index (χ1n) is 49.6. The topological polar surface area (TPSA) is 373 Å². The van der Waals surface area contributed by atoms with Gasteiger partial charge in [-0.3, -0.25) is 48.1 Å². The van der Waals surface area contributed by atoms with E-state index in [-0.39, 0.29) is 72.1 Å². The molecule has 4 atom stereocenters. The maximum Gasteiger partial charge on any atom is 0.273 e. The van der Waals surface area contributed by atoms with Gasteiger partial charge in [0, 0.05) is 186 Å². The van der Waals surface area contributed by atoms with Crippen LogP contribution >= 0.6 is 0 Å². The largest absolute Gasteiger partial charge is 0.394 e. The zero-order valence-electron chi connectivity index (χ0n) is 78.8. The highest BCUT2D eigenvalue weighted by atomic mass is 16.5. The molecule has 718 valence electrons. The van der Waals surface area contributed by atoms with Gasteiger partial charge in [0.15, 0.2) is 34.3 Å². The van der Waals surface area contributed by atoms with Crippen LogP contribution in [0.4, 0.5) is 0 Å². The van der Waals surface area contributed by atoms with Crippen molar-refractivity contribution >= 4 is 35.3 Å². The number of ketones is 1. The van der Waals surface area contributed by atoms with Crippen LogP contribution in [0.5, 0.6) is 0 Å². The van der Waals surface area contributed by atoms with Crippen molar-refractivity contribution in [1.82, 2.24) is 91.8 Å². The van der Waals surface area contributed by atoms with Gasteiger partial charge in [0.25, 0.3) is 29.5 Å². The van der Waals surface area contributed by atoms with Gasteiger partial charge in [0.2, 0.25) is 0 Å². The van der Waals surface area contributed by atoms with Gasteiger partial charge in [0.1, 0.15) is 40.3 Å². The summed E-state index contributed by atoms with van der Waals surface area (Å²) < 4.78 is 33.4. The number of nitrogens with zero attached hydrogens (tertiary/aromatic N) is 13. The molecule has 23 rings (SSSR count). The second-order valence-electron chi connectivity index (χ2n) is 40.0. The fourth-order valence-electron chi connectivity index (χ4n) is 18.2. The van der Waals surface area contributed by atoms with Gasteiger partial charge in [-0.05, 0) is 184 Å². The molecule has 6 N–H and O–H groups in total. The molecular formula is C105H130N18O13. The first-order valence-corrected chi connectivity index (χ1v) is 49.6. The molecule has 12 heterocycles. The smallest absolute Gasteiger partial charge is 0.273 e. The minimum atomic E-state index is -0.185. The maximum atomic E-state index is 12.4. The molecule has 5 amide bonds. The van der Waals surface area contributed by atoms with Gasteiger partial charge < -0.3 is 68.6 Å². The van der Waals surface area contributed by atoms with Gasteiger partial charge in [-0.25, -0.2) is 0 Å². The van der Waals surface area contributed by atoms with Crippen LogP contribution in [0.25, 0.3) is 0 Å². The number of Topliss-reactive ketones (excluding diaryl/α,β-unsaturated/α-hetero) is 1. The number of rotatable bonds is 32. The molecule has 7 aromatic heterocycles. The number of hydrogen-bond acceptors (Lipinski definition) is 25. The summed E-state index contributed by atoms with van der Waals surface area (Å²) >= 11 is 0. The Morgan fingerprint density at radius 1 is 0.404 bits per heavy atom. The number of hydrogen-bond donors (Lipinski definition) is 6. The summed E-state index contributed by atoms with van der Waals surface area (Å²) in [6.07, 6.45) is 25.0. The van der Waals surface area contributed by atoms with Crippen LogP contribution in [-0.4, -0.2) is 220 Å². The van der Waals surface area contributed by atoms with Crippen molar-refractivity contribution in [1.29, 1.82) is 0 Å². The van der Waals surface area contributed by atoms with E-state index in [0.29, 0.717) is 106 Å². The molecular weight excluding hydrogens is 1720 g/mol. The number of carbonyl (C=O) groups is 6. The minimum absolute atomic E-state index is 0.0205. The third-order valence-electron chi connectivity index (χ3n) is 28.3. The van der Waals surface area contributed by atoms with Crippen molar-refractivity contribution in [3.63, 3.8) is 0 Å². The van der Waals surface area contributed by atoms with E-state index in [9.17, 15) is 33.9 Å². The molecule has 5 aliphatic heterocycles. The fourth-order valence-corrected chi connectivity index (χ4v) is 18.2. The van der Waals surface area contributed by atoms with Crippen LogP contribution < -0.4 is 26.6 Å². The number of carbonyl (C=O) groups excluding carboxylic acids is 6. The van der Waals surface area contributed by atoms with E-state index in [1.165, 1.54) is 59.9 Å². The third-order valence-corrected chi connectivity index (χ3v) is 28.3. The molecule has 2 unspecified atom stereocenters. The van der Waals surface area contributed by atoms with E-state index in [0.717, 1.165) is 209 Å². The zero-order chi connectivity index (χ0) is 93.7. The molecule has 136 heavy (non-hydrogen) atoms. The SMILES string of the molecule is CC(C)N1CC[C@H](C)[C@H](NC(=O)c2cc(C3CC3)on2)CC1.CC(c1ccccc1)N1CC(NC(=O)c2cc(C3CC3)on2)C1.Cc1ccc(Cn2cc(CN3CC(NC(=O)c4cc(C5CC5)on4)C3)cn2)cc1.O=C(CC1CN(CCc2ccccc2)C1)c1cc(C2CC2)on1.O=C(NC1CCC1)c1cc(C2CC2)on1.O=C(NC1CN(C(CO)c2ccccc2)C1)c1cc(C2CC2)on1. The quantitative estimate of drug-likeness (QED) is 0.0213. The van der Waals surface area contributed by atoms with Crippen molar-refractivity contribution in [2.24, 2.45) is 11.8 Å². The summed E-state index contributed by atoms with van der Waals surface area (Å²) in [5.41, 5.74) is 10.0. The zero-order valence-corrected chi connectivity index (χ0v) is 78.8. The summed E-state index contributed by atoms with van der Waals surface area (Å²) in [6.45, 7) is 22.8. The van der Waals surface area contributed by atoms with Crippen LogP contribution in [-0.2, 0) is 19.5 Å². The summed E-state index contributed by atoms with van der Waals surface area (Å²) in [5, 5.41) is 52.7. The molecule has 12 aliphatic rings. The molecule has 11 aromatic rings. The molecule has 7 saturated carbocycles. The highest BCUT2D eigenvalue weighted by Crippen LogP contribution is 2.45. The lowest BCUT2D eigenvalue weighted by molar-refractivity contribution is 0.0394. The number of nitrogens with one attached hydrogen (secondary N) is 5.